The van der Waals surface area contributed by atoms with Crippen molar-refractivity contribution in [1.82, 2.24) is 0 Å². The molecule has 0 fully saturated rings. The third kappa shape index (κ3) is 11500. The summed E-state index contributed by atoms with van der Waals surface area (Å²) in [5, 5.41) is 0. The van der Waals surface area contributed by atoms with E-state index in [1.54, 1.807) is 0 Å². The molecular weight excluding hydrogens is 223 g/mol. The molecule has 0 saturated heterocycles. The minimum Gasteiger partial charge on any atom is -0.748 e. The van der Waals surface area contributed by atoms with E-state index in [2.05, 4.69) is 28.2 Å². The van der Waals surface area contributed by atoms with Crippen molar-refractivity contribution in [2.75, 3.05) is 34.4 Å². The molecule has 0 spiro atoms. The number of hydrogen-bond acceptors (Lipinski definition) is 3. The molecule has 4 nitrogen and oxygen atoms in total. The topological polar surface area (TPSA) is 57.2 Å². The van der Waals surface area contributed by atoms with Gasteiger partial charge in [0.05, 0.1) is 38.3 Å². The fraction of sp³-hybridized carbons (Fsp3) is 1.00. The number of nitrogens with zero attached hydrogens (tertiary/aromatic N) is 1. The van der Waals surface area contributed by atoms with Gasteiger partial charge in [-0.2, -0.15) is 13.2 Å². The second-order valence-corrected chi connectivity index (χ2v) is 5.04. The van der Waals surface area contributed by atoms with Crippen LogP contribution in [0, 0.1) is 0 Å². The third-order valence-corrected chi connectivity index (χ3v) is 0. The molecule has 0 aliphatic heterocycles. The van der Waals surface area contributed by atoms with E-state index in [1.807, 2.05) is 0 Å². The maximum atomic E-state index is 9.67. The highest BCUT2D eigenvalue weighted by Crippen LogP contribution is 1.87. The van der Waals surface area contributed by atoms with Crippen LogP contribution in [0.3, 0.4) is 0 Å². The summed E-state index contributed by atoms with van der Waals surface area (Å²) in [5.74, 6) is 0. The standard InChI is InChI=1S/C4H12N.CHF3.CH4O3S/c1-5(2,3)4;2-1(3)4;1-5(2,3)4/h1-4H3;1H;1H3,(H,2,3,4)/q+1;;/p-1. The Morgan fingerprint density at radius 3 is 1.07 bits per heavy atom. The summed E-state index contributed by atoms with van der Waals surface area (Å²) in [5.41, 5.74) is 0. The van der Waals surface area contributed by atoms with Crippen molar-refractivity contribution >= 4 is 10.1 Å². The Kier molecular flexibility index (Phi) is 11.0. The molecule has 0 rings (SSSR count). The monoisotopic (exact) mass is 239 g/mol. The van der Waals surface area contributed by atoms with E-state index in [0.29, 0.717) is 6.26 Å². The predicted molar refractivity (Wildman–Crippen MR) is 46.7 cm³/mol. The van der Waals surface area contributed by atoms with E-state index in [4.69, 9.17) is 13.0 Å². The summed E-state index contributed by atoms with van der Waals surface area (Å²) >= 11 is 0. The highest BCUT2D eigenvalue weighted by atomic mass is 32.2. The van der Waals surface area contributed by atoms with Gasteiger partial charge < -0.3 is 9.04 Å². The molecule has 8 heteroatoms. The molecule has 0 aromatic rings. The molecule has 0 heterocycles. The van der Waals surface area contributed by atoms with Crippen molar-refractivity contribution in [2.45, 2.75) is 6.68 Å². The van der Waals surface area contributed by atoms with Crippen LogP contribution < -0.4 is 0 Å². The SMILES string of the molecule is CS(=O)(=O)[O-].C[N+](C)(C)C.FC(F)F. The lowest BCUT2D eigenvalue weighted by Crippen LogP contribution is -2.27. The first-order valence-electron chi connectivity index (χ1n) is 3.35. The fourth-order valence-electron chi connectivity index (χ4n) is 0. The predicted octanol–water partition coefficient (Wildman–Crippen LogP) is 0.662. The van der Waals surface area contributed by atoms with Crippen LogP contribution >= 0.6 is 0 Å². The molecule has 0 atom stereocenters. The Balaban J connectivity index is -0.000000131. The van der Waals surface area contributed by atoms with Crippen molar-refractivity contribution in [3.63, 3.8) is 0 Å². The summed E-state index contributed by atoms with van der Waals surface area (Å²) in [6.07, 6.45) is 0.604. The lowest BCUT2D eigenvalue weighted by atomic mass is 10.8. The van der Waals surface area contributed by atoms with Gasteiger partial charge in [0.15, 0.2) is 0 Å². The van der Waals surface area contributed by atoms with E-state index >= 15 is 0 Å². The van der Waals surface area contributed by atoms with Gasteiger partial charge in [0, 0.05) is 6.26 Å². The normalized spacial score (nSPS) is 11.0. The van der Waals surface area contributed by atoms with Gasteiger partial charge in [-0.05, 0) is 0 Å². The van der Waals surface area contributed by atoms with E-state index in [0.717, 1.165) is 4.48 Å². The minimum atomic E-state index is -3.92. The molecule has 0 N–H and O–H groups in total. The van der Waals surface area contributed by atoms with Crippen molar-refractivity contribution in [3.8, 4) is 0 Å². The van der Waals surface area contributed by atoms with Crippen LogP contribution in [0.15, 0.2) is 0 Å². The second-order valence-electron chi connectivity index (χ2n) is 3.63. The van der Waals surface area contributed by atoms with E-state index < -0.39 is 16.8 Å². The van der Waals surface area contributed by atoms with Crippen molar-refractivity contribution in [2.24, 2.45) is 0 Å². The van der Waals surface area contributed by atoms with Gasteiger partial charge in [-0.15, -0.1) is 0 Å². The number of quaternary nitrogens is 1. The number of alkyl halides is 3. The van der Waals surface area contributed by atoms with Crippen molar-refractivity contribution in [3.05, 3.63) is 0 Å². The number of halogens is 3. The van der Waals surface area contributed by atoms with Crippen LogP contribution in [0.25, 0.3) is 0 Å². The smallest absolute Gasteiger partial charge is 0.379 e. The first-order chi connectivity index (χ1) is 5.73. The lowest BCUT2D eigenvalue weighted by molar-refractivity contribution is -0.849. The van der Waals surface area contributed by atoms with E-state index in [9.17, 15) is 13.2 Å². The Morgan fingerprint density at radius 1 is 1.07 bits per heavy atom. The summed E-state index contributed by atoms with van der Waals surface area (Å²) in [6, 6.07) is 0. The Bertz CT molecular complexity index is 194. The molecule has 0 aromatic heterocycles. The molecule has 0 radical (unpaired) electrons. The number of hydrogen-bond donors (Lipinski definition) is 0. The summed E-state index contributed by atoms with van der Waals surface area (Å²) < 4.78 is 57.2. The maximum Gasteiger partial charge on any atom is 0.379 e. The minimum absolute atomic E-state index is 0.604. The molecule has 0 saturated carbocycles. The van der Waals surface area contributed by atoms with Gasteiger partial charge in [0.2, 0.25) is 0 Å². The van der Waals surface area contributed by atoms with Crippen LogP contribution in [0.5, 0.6) is 0 Å². The van der Waals surface area contributed by atoms with Gasteiger partial charge in [-0.25, -0.2) is 8.42 Å². The summed E-state index contributed by atoms with van der Waals surface area (Å²) in [6.45, 7) is -3.67. The zero-order valence-electron chi connectivity index (χ0n) is 8.79. The molecule has 0 aromatic carbocycles. The summed E-state index contributed by atoms with van der Waals surface area (Å²) in [7, 11) is 4.58. The second kappa shape index (κ2) is 8.01. The van der Waals surface area contributed by atoms with E-state index in [-0.39, 0.29) is 0 Å². The molecule has 0 unspecified atom stereocenters. The van der Waals surface area contributed by atoms with Crippen LogP contribution in [0.1, 0.15) is 0 Å². The van der Waals surface area contributed by atoms with Crippen molar-refractivity contribution < 1.29 is 30.6 Å². The van der Waals surface area contributed by atoms with Gasteiger partial charge in [-0.1, -0.05) is 0 Å². The first-order valence-corrected chi connectivity index (χ1v) is 5.17. The van der Waals surface area contributed by atoms with Gasteiger partial charge in [-0.3, -0.25) is 0 Å². The first kappa shape index (κ1) is 19.3. The average molecular weight is 239 g/mol. The summed E-state index contributed by atoms with van der Waals surface area (Å²) in [4.78, 5) is 0. The molecule has 0 bridgehead atoms. The maximum absolute atomic E-state index is 9.67. The zero-order chi connectivity index (χ0) is 12.6. The lowest BCUT2D eigenvalue weighted by Gasteiger charge is -2.14. The molecule has 0 aliphatic carbocycles. The Labute approximate surface area is 82.7 Å². The fourth-order valence-corrected chi connectivity index (χ4v) is 0. The molecule has 14 heavy (non-hydrogen) atoms. The zero-order valence-corrected chi connectivity index (χ0v) is 9.61. The highest BCUT2D eigenvalue weighted by Gasteiger charge is 1.88. The molecule has 90 valence electrons. The molecular formula is C6H16F3NO3S. The quantitative estimate of drug-likeness (QED) is 0.461. The van der Waals surface area contributed by atoms with Gasteiger partial charge in [0.25, 0.3) is 0 Å². The molecule has 0 aliphatic rings. The van der Waals surface area contributed by atoms with Gasteiger partial charge >= 0.3 is 6.68 Å². The largest absolute Gasteiger partial charge is 0.748 e. The van der Waals surface area contributed by atoms with Gasteiger partial charge in [0.1, 0.15) is 0 Å². The Morgan fingerprint density at radius 2 is 1.07 bits per heavy atom. The average Bonchev–Trinajstić information content (AvgIpc) is 1.45. The van der Waals surface area contributed by atoms with E-state index in [1.165, 1.54) is 0 Å². The van der Waals surface area contributed by atoms with Crippen LogP contribution in [0.4, 0.5) is 13.2 Å². The number of rotatable bonds is 0. The van der Waals surface area contributed by atoms with Crippen LogP contribution in [-0.2, 0) is 10.1 Å². The highest BCUT2D eigenvalue weighted by molar-refractivity contribution is 7.84. The van der Waals surface area contributed by atoms with Crippen LogP contribution in [-0.4, -0.2) is 58.6 Å². The Hall–Kier alpha value is -0.340. The van der Waals surface area contributed by atoms with Crippen LogP contribution in [0.2, 0.25) is 0 Å². The third-order valence-electron chi connectivity index (χ3n) is 0. The van der Waals surface area contributed by atoms with Crippen molar-refractivity contribution in [1.29, 1.82) is 0 Å². The molecule has 0 amide bonds.